The summed E-state index contributed by atoms with van der Waals surface area (Å²) in [5.74, 6) is 0. The van der Waals surface area contributed by atoms with Crippen LogP contribution in [0.2, 0.25) is 0 Å². The molecule has 0 aliphatic carbocycles. The molecular formula is C14H14NO2. The van der Waals surface area contributed by atoms with E-state index in [-0.39, 0.29) is 6.61 Å². The van der Waals surface area contributed by atoms with Gasteiger partial charge in [-0.15, -0.1) is 0 Å². The molecule has 2 aromatic rings. The highest BCUT2D eigenvalue weighted by molar-refractivity contribution is 5.26. The lowest BCUT2D eigenvalue weighted by molar-refractivity contribution is -0.153. The average Bonchev–Trinajstić information content (AvgIpc) is 2.38. The Balaban J connectivity index is 1.99. The topological polar surface area (TPSA) is 42.0 Å². The Morgan fingerprint density at radius 1 is 1.18 bits per heavy atom. The van der Waals surface area contributed by atoms with Crippen molar-refractivity contribution in [1.82, 2.24) is 4.98 Å². The van der Waals surface area contributed by atoms with Gasteiger partial charge in [0.15, 0.2) is 0 Å². The lowest BCUT2D eigenvalue weighted by Crippen LogP contribution is -2.04. The fourth-order valence-corrected chi connectivity index (χ4v) is 1.59. The van der Waals surface area contributed by atoms with Crippen molar-refractivity contribution in [2.45, 2.75) is 19.8 Å². The molecule has 1 aromatic heterocycles. The zero-order chi connectivity index (χ0) is 12.1. The molecule has 17 heavy (non-hydrogen) atoms. The van der Waals surface area contributed by atoms with E-state index >= 15 is 0 Å². The Bertz CT molecular complexity index is 471. The molecule has 0 aliphatic rings. The van der Waals surface area contributed by atoms with Gasteiger partial charge >= 0.3 is 0 Å². The summed E-state index contributed by atoms with van der Waals surface area (Å²) in [5.41, 5.74) is 2.40. The van der Waals surface area contributed by atoms with E-state index in [4.69, 9.17) is 4.74 Å². The van der Waals surface area contributed by atoms with E-state index in [0.717, 1.165) is 11.3 Å². The van der Waals surface area contributed by atoms with Gasteiger partial charge < -0.3 is 4.74 Å². The number of benzene rings is 1. The van der Waals surface area contributed by atoms with Crippen molar-refractivity contribution in [1.29, 1.82) is 0 Å². The van der Waals surface area contributed by atoms with E-state index in [1.807, 2.05) is 43.3 Å². The molecule has 3 nitrogen and oxygen atoms in total. The highest BCUT2D eigenvalue weighted by Gasteiger charge is 2.12. The van der Waals surface area contributed by atoms with E-state index in [0.29, 0.717) is 5.56 Å². The summed E-state index contributed by atoms with van der Waals surface area (Å²) in [6, 6.07) is 13.0. The van der Waals surface area contributed by atoms with E-state index < -0.39 is 6.29 Å². The van der Waals surface area contributed by atoms with Crippen molar-refractivity contribution in [3.63, 3.8) is 0 Å². The third-order valence-corrected chi connectivity index (χ3v) is 2.55. The number of aromatic nitrogens is 1. The predicted molar refractivity (Wildman–Crippen MR) is 63.6 cm³/mol. The van der Waals surface area contributed by atoms with Gasteiger partial charge in [0.1, 0.15) is 0 Å². The fourth-order valence-electron chi connectivity index (χ4n) is 1.59. The largest absolute Gasteiger partial charge is 0.340 e. The molecular weight excluding hydrogens is 214 g/mol. The van der Waals surface area contributed by atoms with Crippen molar-refractivity contribution in [2.75, 3.05) is 0 Å². The quantitative estimate of drug-likeness (QED) is 0.755. The van der Waals surface area contributed by atoms with Crippen molar-refractivity contribution >= 4 is 0 Å². The predicted octanol–water partition coefficient (Wildman–Crippen LogP) is 3.04. The third-order valence-electron chi connectivity index (χ3n) is 2.55. The Labute approximate surface area is 101 Å². The molecule has 1 unspecified atom stereocenters. The molecule has 0 saturated carbocycles. The monoisotopic (exact) mass is 228 g/mol. The second-order valence-electron chi connectivity index (χ2n) is 3.82. The first-order chi connectivity index (χ1) is 8.27. The van der Waals surface area contributed by atoms with Crippen LogP contribution in [0.3, 0.4) is 0 Å². The minimum atomic E-state index is -1.15. The molecule has 0 aliphatic heterocycles. The van der Waals surface area contributed by atoms with Crippen molar-refractivity contribution in [2.24, 2.45) is 0 Å². The zero-order valence-electron chi connectivity index (χ0n) is 9.67. The molecule has 3 heteroatoms. The minimum Gasteiger partial charge on any atom is -0.340 e. The summed E-state index contributed by atoms with van der Waals surface area (Å²) in [5, 5.41) is 11.9. The van der Waals surface area contributed by atoms with Crippen LogP contribution in [0.4, 0.5) is 0 Å². The number of ether oxygens (including phenoxy) is 1. The van der Waals surface area contributed by atoms with E-state index in [1.165, 1.54) is 0 Å². The molecule has 1 aromatic carbocycles. The average molecular weight is 228 g/mol. The standard InChI is InChI=1S/C14H14NO2/c1-11-6-2-3-8-13(11)14(16)17-10-12-7-4-5-9-15-12/h2-9,14H,10H2,1H3. The highest BCUT2D eigenvalue weighted by Crippen LogP contribution is 2.19. The van der Waals surface area contributed by atoms with Crippen LogP contribution in [0, 0.1) is 6.92 Å². The Morgan fingerprint density at radius 3 is 2.65 bits per heavy atom. The van der Waals surface area contributed by atoms with Crippen molar-refractivity contribution < 1.29 is 9.84 Å². The van der Waals surface area contributed by atoms with Crippen LogP contribution in [-0.4, -0.2) is 4.98 Å². The summed E-state index contributed by atoms with van der Waals surface area (Å²) >= 11 is 0. The van der Waals surface area contributed by atoms with Crippen LogP contribution in [0.1, 0.15) is 23.1 Å². The van der Waals surface area contributed by atoms with Gasteiger partial charge in [-0.05, 0) is 24.6 Å². The van der Waals surface area contributed by atoms with Gasteiger partial charge in [-0.2, -0.15) is 5.11 Å². The maximum atomic E-state index is 11.9. The molecule has 2 rings (SSSR count). The van der Waals surface area contributed by atoms with Gasteiger partial charge in [0, 0.05) is 11.8 Å². The second kappa shape index (κ2) is 5.57. The maximum Gasteiger partial charge on any atom is 0.218 e. The van der Waals surface area contributed by atoms with Gasteiger partial charge in [-0.25, -0.2) is 0 Å². The van der Waals surface area contributed by atoms with E-state index in [1.54, 1.807) is 12.3 Å². The van der Waals surface area contributed by atoms with Gasteiger partial charge in [0.2, 0.25) is 6.29 Å². The molecule has 0 fully saturated rings. The SMILES string of the molecule is Cc1ccccc1C([O])OCc1ccccn1. The van der Waals surface area contributed by atoms with Crippen LogP contribution in [-0.2, 0) is 16.5 Å². The van der Waals surface area contributed by atoms with E-state index in [2.05, 4.69) is 4.98 Å². The number of hydrogen-bond acceptors (Lipinski definition) is 2. The second-order valence-corrected chi connectivity index (χ2v) is 3.82. The molecule has 0 N–H and O–H groups in total. The van der Waals surface area contributed by atoms with Crippen LogP contribution < -0.4 is 0 Å². The lowest BCUT2D eigenvalue weighted by Gasteiger charge is -2.12. The number of aryl methyl sites for hydroxylation is 1. The number of nitrogens with zero attached hydrogens (tertiary/aromatic N) is 1. The molecule has 0 spiro atoms. The summed E-state index contributed by atoms with van der Waals surface area (Å²) in [7, 11) is 0. The van der Waals surface area contributed by atoms with Gasteiger partial charge in [0.25, 0.3) is 0 Å². The highest BCUT2D eigenvalue weighted by atomic mass is 16.6. The third kappa shape index (κ3) is 3.12. The first kappa shape index (κ1) is 11.8. The molecule has 0 bridgehead atoms. The molecule has 87 valence electrons. The number of pyridine rings is 1. The Morgan fingerprint density at radius 2 is 1.94 bits per heavy atom. The first-order valence-corrected chi connectivity index (χ1v) is 5.50. The Kier molecular flexibility index (Phi) is 3.85. The maximum absolute atomic E-state index is 11.9. The molecule has 1 heterocycles. The normalized spacial score (nSPS) is 12.4. The lowest BCUT2D eigenvalue weighted by atomic mass is 10.1. The zero-order valence-corrected chi connectivity index (χ0v) is 9.67. The summed E-state index contributed by atoms with van der Waals surface area (Å²) < 4.78 is 5.28. The van der Waals surface area contributed by atoms with Crippen LogP contribution in [0.5, 0.6) is 0 Å². The van der Waals surface area contributed by atoms with Crippen molar-refractivity contribution in [3.8, 4) is 0 Å². The number of hydrogen-bond donors (Lipinski definition) is 0. The van der Waals surface area contributed by atoms with Gasteiger partial charge in [-0.3, -0.25) is 4.98 Å². The fraction of sp³-hybridized carbons (Fsp3) is 0.214. The molecule has 0 saturated heterocycles. The number of rotatable bonds is 4. The van der Waals surface area contributed by atoms with Crippen LogP contribution in [0.15, 0.2) is 48.7 Å². The Hall–Kier alpha value is -1.71. The van der Waals surface area contributed by atoms with E-state index in [9.17, 15) is 5.11 Å². The molecule has 1 atom stereocenters. The molecule has 1 radical (unpaired) electrons. The smallest absolute Gasteiger partial charge is 0.218 e. The summed E-state index contributed by atoms with van der Waals surface area (Å²) in [6.07, 6.45) is 0.532. The summed E-state index contributed by atoms with van der Waals surface area (Å²) in [6.45, 7) is 2.15. The van der Waals surface area contributed by atoms with Crippen LogP contribution >= 0.6 is 0 Å². The first-order valence-electron chi connectivity index (χ1n) is 5.50. The minimum absolute atomic E-state index is 0.239. The van der Waals surface area contributed by atoms with Gasteiger partial charge in [0.05, 0.1) is 12.3 Å². The summed E-state index contributed by atoms with van der Waals surface area (Å²) in [4.78, 5) is 4.10. The van der Waals surface area contributed by atoms with Crippen molar-refractivity contribution in [3.05, 3.63) is 65.5 Å². The van der Waals surface area contributed by atoms with Crippen LogP contribution in [0.25, 0.3) is 0 Å². The van der Waals surface area contributed by atoms with Gasteiger partial charge in [-0.1, -0.05) is 30.3 Å². The molecule has 0 amide bonds.